The highest BCUT2D eigenvalue weighted by Crippen LogP contribution is 2.39. The van der Waals surface area contributed by atoms with Crippen molar-refractivity contribution in [2.75, 3.05) is 58.3 Å². The largest absolute Gasteiger partial charge is 0.454 e. The number of nitrogens with one attached hydrogen (secondary N) is 1. The lowest BCUT2D eigenvalue weighted by Gasteiger charge is -2.30. The molecule has 0 amide bonds. The monoisotopic (exact) mass is 593 g/mol. The maximum Gasteiger partial charge on any atom is 0.153 e. The molecule has 0 bridgehead atoms. The zero-order valence-electron chi connectivity index (χ0n) is 25.1. The molecule has 0 unspecified atom stereocenters. The van der Waals surface area contributed by atoms with E-state index in [0.29, 0.717) is 5.02 Å². The number of fused-ring (bicyclic) bond motifs is 4. The van der Waals surface area contributed by atoms with Gasteiger partial charge in [-0.15, -0.1) is 0 Å². The molecule has 4 aromatic carbocycles. The zero-order valence-corrected chi connectivity index (χ0v) is 25.9. The van der Waals surface area contributed by atoms with E-state index >= 15 is 0 Å². The SMILES string of the molecule is CN(C)CCCN1c2ccccc2CCc2ccccc21.Clc1ccc2c(c1)C(N1CCNCC1)=Nc1ccccc1O2. The number of anilines is 2. The molecule has 7 rings (SSSR count). The summed E-state index contributed by atoms with van der Waals surface area (Å²) in [6.07, 6.45) is 3.45. The van der Waals surface area contributed by atoms with Crippen molar-refractivity contribution in [1.29, 1.82) is 0 Å². The van der Waals surface area contributed by atoms with Crippen LogP contribution in [0.2, 0.25) is 5.02 Å². The molecule has 0 radical (unpaired) electrons. The lowest BCUT2D eigenvalue weighted by atomic mass is 10.0. The highest BCUT2D eigenvalue weighted by molar-refractivity contribution is 6.31. The Balaban J connectivity index is 0.000000153. The normalized spacial score (nSPS) is 15.4. The van der Waals surface area contributed by atoms with Crippen LogP contribution in [-0.2, 0) is 12.8 Å². The molecule has 0 aliphatic carbocycles. The number of hydrogen-bond acceptors (Lipinski definition) is 6. The Morgan fingerprint density at radius 1 is 0.814 bits per heavy atom. The average molecular weight is 594 g/mol. The maximum atomic E-state index is 6.20. The Hall–Kier alpha value is -3.84. The van der Waals surface area contributed by atoms with Gasteiger partial charge in [0.25, 0.3) is 0 Å². The van der Waals surface area contributed by atoms with Gasteiger partial charge in [0.1, 0.15) is 17.3 Å². The van der Waals surface area contributed by atoms with Crippen molar-refractivity contribution in [3.05, 3.63) is 113 Å². The van der Waals surface area contributed by atoms with Gasteiger partial charge in [0.05, 0.1) is 5.56 Å². The van der Waals surface area contributed by atoms with Crippen LogP contribution in [0.25, 0.3) is 0 Å². The zero-order chi connectivity index (χ0) is 29.6. The summed E-state index contributed by atoms with van der Waals surface area (Å²) in [5.41, 5.74) is 7.52. The Bertz CT molecular complexity index is 1530. The van der Waals surface area contributed by atoms with E-state index in [-0.39, 0.29) is 0 Å². The third-order valence-electron chi connectivity index (χ3n) is 8.13. The Morgan fingerprint density at radius 3 is 2.16 bits per heavy atom. The van der Waals surface area contributed by atoms with Crippen LogP contribution < -0.4 is 15.0 Å². The van der Waals surface area contributed by atoms with Gasteiger partial charge in [0.2, 0.25) is 0 Å². The fourth-order valence-corrected chi connectivity index (χ4v) is 6.14. The quantitative estimate of drug-likeness (QED) is 0.269. The van der Waals surface area contributed by atoms with Crippen LogP contribution in [0, 0.1) is 0 Å². The van der Waals surface area contributed by atoms with E-state index in [0.717, 1.165) is 80.7 Å². The topological polar surface area (TPSA) is 43.3 Å². The number of halogens is 1. The van der Waals surface area contributed by atoms with Gasteiger partial charge in [-0.25, -0.2) is 4.99 Å². The minimum Gasteiger partial charge on any atom is -0.454 e. The molecule has 3 heterocycles. The minimum atomic E-state index is 0.691. The van der Waals surface area contributed by atoms with Gasteiger partial charge in [-0.3, -0.25) is 0 Å². The predicted molar refractivity (Wildman–Crippen MR) is 179 cm³/mol. The number of benzene rings is 4. The number of hydrogen-bond donors (Lipinski definition) is 1. The van der Waals surface area contributed by atoms with E-state index in [1.165, 1.54) is 28.9 Å². The van der Waals surface area contributed by atoms with E-state index in [1.807, 2.05) is 42.5 Å². The first-order valence-electron chi connectivity index (χ1n) is 15.3. The number of aliphatic imine (C=N–C) groups is 1. The van der Waals surface area contributed by atoms with Crippen LogP contribution in [-0.4, -0.2) is 69.0 Å². The van der Waals surface area contributed by atoms with Crippen LogP contribution in [0.5, 0.6) is 11.5 Å². The molecule has 6 nitrogen and oxygen atoms in total. The van der Waals surface area contributed by atoms with E-state index in [1.54, 1.807) is 0 Å². The smallest absolute Gasteiger partial charge is 0.153 e. The molecule has 222 valence electrons. The summed E-state index contributed by atoms with van der Waals surface area (Å²) >= 11 is 6.20. The highest BCUT2D eigenvalue weighted by atomic mass is 35.5. The lowest BCUT2D eigenvalue weighted by molar-refractivity contribution is 0.357. The standard InChI is InChI=1S/C19H24N2.C17H16ClN3O/c1-20(2)14-7-15-21-18-10-5-3-8-16(18)12-13-17-9-4-6-11-19(17)21;18-12-5-6-15-13(11-12)17(21-9-7-19-8-10-21)20-14-3-1-2-4-16(14)22-15/h3-6,8-11H,7,12-15H2,1-2H3;1-6,11,19H,7-10H2. The van der Waals surface area contributed by atoms with Crippen molar-refractivity contribution in [1.82, 2.24) is 15.1 Å². The Morgan fingerprint density at radius 2 is 1.47 bits per heavy atom. The van der Waals surface area contributed by atoms with E-state index in [9.17, 15) is 0 Å². The number of amidine groups is 1. The third kappa shape index (κ3) is 6.88. The molecule has 1 fully saturated rings. The fraction of sp³-hybridized carbons (Fsp3) is 0.306. The summed E-state index contributed by atoms with van der Waals surface area (Å²) in [5.74, 6) is 2.51. The van der Waals surface area contributed by atoms with Gasteiger partial charge in [0, 0.05) is 49.1 Å². The number of para-hydroxylation sites is 4. The fourth-order valence-electron chi connectivity index (χ4n) is 5.97. The van der Waals surface area contributed by atoms with Crippen LogP contribution in [0.4, 0.5) is 17.1 Å². The molecule has 3 aliphatic heterocycles. The van der Waals surface area contributed by atoms with E-state index < -0.39 is 0 Å². The number of rotatable bonds is 4. The number of ether oxygens (including phenoxy) is 1. The maximum absolute atomic E-state index is 6.20. The van der Waals surface area contributed by atoms with Gasteiger partial charge in [-0.05, 0) is 93.5 Å². The van der Waals surface area contributed by atoms with Crippen molar-refractivity contribution < 1.29 is 4.74 Å². The van der Waals surface area contributed by atoms with Gasteiger partial charge in [0.15, 0.2) is 5.75 Å². The molecule has 3 aliphatic rings. The van der Waals surface area contributed by atoms with Crippen molar-refractivity contribution in [2.45, 2.75) is 19.3 Å². The highest BCUT2D eigenvalue weighted by Gasteiger charge is 2.24. The average Bonchev–Trinajstić information content (AvgIpc) is 3.30. The number of piperazine rings is 1. The molecule has 0 atom stereocenters. The van der Waals surface area contributed by atoms with Crippen LogP contribution >= 0.6 is 11.6 Å². The summed E-state index contributed by atoms with van der Waals surface area (Å²) in [5, 5.41) is 4.06. The van der Waals surface area contributed by atoms with Crippen molar-refractivity contribution >= 4 is 34.5 Å². The first-order chi connectivity index (χ1) is 21.1. The van der Waals surface area contributed by atoms with E-state index in [4.69, 9.17) is 21.3 Å². The molecule has 7 heteroatoms. The van der Waals surface area contributed by atoms with Crippen LogP contribution in [0.15, 0.2) is 96.0 Å². The summed E-state index contributed by atoms with van der Waals surface area (Å²) in [4.78, 5) is 11.9. The number of nitrogens with zero attached hydrogens (tertiary/aromatic N) is 4. The second-order valence-corrected chi connectivity index (χ2v) is 11.9. The van der Waals surface area contributed by atoms with Gasteiger partial charge in [-0.2, -0.15) is 0 Å². The van der Waals surface area contributed by atoms with Gasteiger partial charge in [-0.1, -0.05) is 60.1 Å². The second kappa shape index (κ2) is 13.6. The molecule has 0 saturated carbocycles. The summed E-state index contributed by atoms with van der Waals surface area (Å²) in [6.45, 7) is 5.96. The van der Waals surface area contributed by atoms with Crippen LogP contribution in [0.1, 0.15) is 23.1 Å². The minimum absolute atomic E-state index is 0.691. The summed E-state index contributed by atoms with van der Waals surface area (Å²) in [7, 11) is 4.29. The summed E-state index contributed by atoms with van der Waals surface area (Å²) < 4.78 is 6.06. The third-order valence-corrected chi connectivity index (χ3v) is 8.36. The van der Waals surface area contributed by atoms with Gasteiger partial charge < -0.3 is 24.8 Å². The van der Waals surface area contributed by atoms with Crippen LogP contribution in [0.3, 0.4) is 0 Å². The molecule has 4 aromatic rings. The second-order valence-electron chi connectivity index (χ2n) is 11.4. The van der Waals surface area contributed by atoms with Gasteiger partial charge >= 0.3 is 0 Å². The molecule has 0 aromatic heterocycles. The van der Waals surface area contributed by atoms with E-state index in [2.05, 4.69) is 82.6 Å². The van der Waals surface area contributed by atoms with Crippen molar-refractivity contribution in [3.63, 3.8) is 0 Å². The first-order valence-corrected chi connectivity index (χ1v) is 15.6. The first kappa shape index (κ1) is 29.2. The summed E-state index contributed by atoms with van der Waals surface area (Å²) in [6, 6.07) is 31.3. The Kier molecular flexibility index (Phi) is 9.27. The molecule has 1 N–H and O–H groups in total. The molecular formula is C36H40ClN5O. The molecule has 1 saturated heterocycles. The number of aryl methyl sites for hydroxylation is 2. The molecule has 0 spiro atoms. The lowest BCUT2D eigenvalue weighted by Crippen LogP contribution is -2.46. The molecule has 43 heavy (non-hydrogen) atoms. The molecular weight excluding hydrogens is 554 g/mol. The van der Waals surface area contributed by atoms with Crippen molar-refractivity contribution in [3.8, 4) is 11.5 Å². The Labute approximate surface area is 260 Å². The predicted octanol–water partition coefficient (Wildman–Crippen LogP) is 7.30. The van der Waals surface area contributed by atoms with Crippen molar-refractivity contribution in [2.24, 2.45) is 4.99 Å².